The zero-order chi connectivity index (χ0) is 18.8. The third-order valence-electron chi connectivity index (χ3n) is 3.73. The first-order valence-electron chi connectivity index (χ1n) is 8.30. The van der Waals surface area contributed by atoms with Crippen molar-refractivity contribution in [1.29, 1.82) is 0 Å². The van der Waals surface area contributed by atoms with Gasteiger partial charge in [-0.3, -0.25) is 4.79 Å². The van der Waals surface area contributed by atoms with Crippen LogP contribution in [-0.4, -0.2) is 23.3 Å². The monoisotopic (exact) mass is 425 g/mol. The molecule has 0 unspecified atom stereocenters. The number of aryl methyl sites for hydroxylation is 1. The average molecular weight is 425 g/mol. The van der Waals surface area contributed by atoms with Crippen LogP contribution in [0, 0.1) is 70.6 Å². The van der Waals surface area contributed by atoms with Crippen LogP contribution in [0.1, 0.15) is 12.0 Å². The third-order valence-corrected chi connectivity index (χ3v) is 4.93. The molecule has 10 radical (unpaired) electrons. The molecule has 0 saturated heterocycles. The molecular weight excluding hydrogens is 402 g/mol. The van der Waals surface area contributed by atoms with Crippen molar-refractivity contribution < 1.29 is 30.8 Å². The number of rotatable bonds is 6. The van der Waals surface area contributed by atoms with E-state index in [1.807, 2.05) is 89.0 Å². The Hall–Kier alpha value is -0.681. The molecule has 3 rings (SSSR count). The molecule has 2 saturated carbocycles. The Morgan fingerprint density at radius 2 is 1.52 bits per heavy atom. The molecule has 2 fully saturated rings. The maximum Gasteiger partial charge on any atom is 2.00 e. The van der Waals surface area contributed by atoms with Crippen molar-refractivity contribution in [1.82, 2.24) is 4.72 Å². The maximum atomic E-state index is 12.4. The van der Waals surface area contributed by atoms with Crippen LogP contribution in [0.4, 0.5) is 0 Å². The first kappa shape index (κ1) is 24.4. The Balaban J connectivity index is 0.000000526. The van der Waals surface area contributed by atoms with Gasteiger partial charge in [0.05, 0.1) is 18.4 Å². The molecule has 1 aromatic rings. The Morgan fingerprint density at radius 3 is 2.00 bits per heavy atom. The number of hydrogen-bond donors (Lipinski definition) is 1. The van der Waals surface area contributed by atoms with E-state index in [1.165, 1.54) is 7.11 Å². The fourth-order valence-corrected chi connectivity index (χ4v) is 3.28. The summed E-state index contributed by atoms with van der Waals surface area (Å²) >= 11 is 0. The van der Waals surface area contributed by atoms with Crippen molar-refractivity contribution >= 4 is 17.0 Å². The minimum atomic E-state index is -1.38. The van der Waals surface area contributed by atoms with Crippen molar-refractivity contribution in [2.75, 3.05) is 7.11 Å². The molecule has 0 amide bonds. The molecule has 1 aromatic carbocycles. The molecule has 6 heteroatoms. The van der Waals surface area contributed by atoms with Gasteiger partial charge in [-0.2, -0.15) is 0 Å². The van der Waals surface area contributed by atoms with Gasteiger partial charge < -0.3 is 4.74 Å². The van der Waals surface area contributed by atoms with Crippen LogP contribution in [0.25, 0.3) is 0 Å². The number of ether oxygens (including phenoxy) is 1. The normalized spacial score (nSPS) is 18.7. The molecular formula is C21H23FeNO3S+2. The summed E-state index contributed by atoms with van der Waals surface area (Å²) in [7, 11) is -0.0340. The van der Waals surface area contributed by atoms with Gasteiger partial charge in [0.25, 0.3) is 0 Å². The summed E-state index contributed by atoms with van der Waals surface area (Å²) in [6.07, 6.45) is 17.7. The maximum absolute atomic E-state index is 12.4. The predicted octanol–water partition coefficient (Wildman–Crippen LogP) is 2.96. The van der Waals surface area contributed by atoms with E-state index >= 15 is 0 Å². The molecule has 2 aliphatic rings. The molecule has 0 aliphatic heterocycles. The van der Waals surface area contributed by atoms with E-state index in [-0.39, 0.29) is 35.5 Å². The van der Waals surface area contributed by atoms with Crippen LogP contribution in [0.2, 0.25) is 0 Å². The Morgan fingerprint density at radius 1 is 1.00 bits per heavy atom. The summed E-state index contributed by atoms with van der Waals surface area (Å²) in [4.78, 5) is 12.2. The molecule has 4 nitrogen and oxygen atoms in total. The number of hydrogen-bond acceptors (Lipinski definition) is 3. The van der Waals surface area contributed by atoms with Gasteiger partial charge in [-0.15, -0.1) is 0 Å². The topological polar surface area (TPSA) is 55.4 Å². The van der Waals surface area contributed by atoms with Crippen LogP contribution in [0.3, 0.4) is 0 Å². The number of benzene rings is 1. The van der Waals surface area contributed by atoms with Crippen molar-refractivity contribution in [3.63, 3.8) is 0 Å². The zero-order valence-corrected chi connectivity index (χ0v) is 17.2. The van der Waals surface area contributed by atoms with Crippen LogP contribution in [0.5, 0.6) is 0 Å². The standard InChI is InChI=1S/C16H18NO3S.C5H5.Fe/c1-12-7-9-14(10-8-12)21(19)17-15(11-16(18)20-2)13-5-3-4-6-13;1-2-4-5-3-1;/h3-10,15,17H,11H2,1-2H3;1-5H;/q;;+2/t15-,21+;;/m1../s1. The minimum Gasteiger partial charge on any atom is -0.469 e. The Bertz CT molecular complexity index is 562. The second kappa shape index (κ2) is 13.5. The van der Waals surface area contributed by atoms with Gasteiger partial charge in [0.2, 0.25) is 0 Å². The smallest absolute Gasteiger partial charge is 0.469 e. The summed E-state index contributed by atoms with van der Waals surface area (Å²) in [5, 5.41) is 0. The van der Waals surface area contributed by atoms with Crippen molar-refractivity contribution in [2.24, 2.45) is 0 Å². The average Bonchev–Trinajstić information content (AvgIpc) is 3.37. The Labute approximate surface area is 177 Å². The molecule has 27 heavy (non-hydrogen) atoms. The van der Waals surface area contributed by atoms with Crippen LogP contribution in [-0.2, 0) is 37.6 Å². The fourth-order valence-electron chi connectivity index (χ4n) is 2.28. The second-order valence-electron chi connectivity index (χ2n) is 5.71. The SMILES string of the molecule is COC(=O)C[C@@H](N[S@@](=O)c1ccc(C)cc1)[C]1[CH][CH][CH][CH]1.[CH]1[CH][CH][CH][CH]1.[Fe+2]. The fraction of sp³-hybridized carbons (Fsp3) is 0.190. The number of methoxy groups -OCH3 is 1. The van der Waals surface area contributed by atoms with E-state index < -0.39 is 11.0 Å². The van der Waals surface area contributed by atoms with Gasteiger partial charge in [-0.1, -0.05) is 17.7 Å². The van der Waals surface area contributed by atoms with E-state index in [0.29, 0.717) is 4.90 Å². The number of esters is 1. The minimum absolute atomic E-state index is 0. The quantitative estimate of drug-likeness (QED) is 0.563. The summed E-state index contributed by atoms with van der Waals surface area (Å²) in [5.74, 6) is 0.579. The van der Waals surface area contributed by atoms with Gasteiger partial charge in [-0.25, -0.2) is 8.93 Å². The van der Waals surface area contributed by atoms with E-state index in [1.54, 1.807) is 0 Å². The molecule has 0 aromatic heterocycles. The summed E-state index contributed by atoms with van der Waals surface area (Å²) in [6.45, 7) is 1.98. The Kier molecular flexibility index (Phi) is 12.2. The zero-order valence-electron chi connectivity index (χ0n) is 15.3. The second-order valence-corrected chi connectivity index (χ2v) is 6.96. The van der Waals surface area contributed by atoms with E-state index in [0.717, 1.165) is 11.5 Å². The van der Waals surface area contributed by atoms with Gasteiger partial charge in [0.15, 0.2) is 0 Å². The van der Waals surface area contributed by atoms with Gasteiger partial charge in [0.1, 0.15) is 11.0 Å². The molecule has 0 bridgehead atoms. The molecule has 0 spiro atoms. The number of carbonyl (C=O) groups excluding carboxylic acids is 1. The molecule has 2 aliphatic carbocycles. The summed E-state index contributed by atoms with van der Waals surface area (Å²) < 4.78 is 20.1. The summed E-state index contributed by atoms with van der Waals surface area (Å²) in [5.41, 5.74) is 1.11. The largest absolute Gasteiger partial charge is 2.00 e. The van der Waals surface area contributed by atoms with Crippen LogP contribution >= 0.6 is 0 Å². The van der Waals surface area contributed by atoms with Gasteiger partial charge >= 0.3 is 23.0 Å². The molecule has 0 heterocycles. The van der Waals surface area contributed by atoms with Crippen LogP contribution in [0.15, 0.2) is 29.2 Å². The van der Waals surface area contributed by atoms with Crippen molar-refractivity contribution in [2.45, 2.75) is 24.3 Å². The van der Waals surface area contributed by atoms with Crippen molar-refractivity contribution in [3.05, 3.63) is 93.5 Å². The molecule has 1 N–H and O–H groups in total. The predicted molar refractivity (Wildman–Crippen MR) is 103 cm³/mol. The van der Waals surface area contributed by atoms with E-state index in [2.05, 4.69) is 4.72 Å². The summed E-state index contributed by atoms with van der Waals surface area (Å²) in [6, 6.07) is 7.12. The number of nitrogens with one attached hydrogen (secondary N) is 1. The molecule has 142 valence electrons. The van der Waals surface area contributed by atoms with Crippen LogP contribution < -0.4 is 4.72 Å². The third kappa shape index (κ3) is 8.91. The first-order valence-corrected chi connectivity index (χ1v) is 9.45. The van der Waals surface area contributed by atoms with Gasteiger partial charge in [0, 0.05) is 12.0 Å². The van der Waals surface area contributed by atoms with Gasteiger partial charge in [-0.05, 0) is 76.8 Å². The van der Waals surface area contributed by atoms with E-state index in [4.69, 9.17) is 4.74 Å². The first-order chi connectivity index (χ1) is 12.6. The molecule has 2 atom stereocenters. The number of carbonyl (C=O) groups is 1. The van der Waals surface area contributed by atoms with Crippen molar-refractivity contribution in [3.8, 4) is 0 Å². The van der Waals surface area contributed by atoms with E-state index in [9.17, 15) is 9.00 Å².